The quantitative estimate of drug-likeness (QED) is 0.858. The summed E-state index contributed by atoms with van der Waals surface area (Å²) in [5, 5.41) is 8.94. The number of nitrogens with zero attached hydrogens (tertiary/aromatic N) is 2. The second-order valence-corrected chi connectivity index (χ2v) is 5.03. The van der Waals surface area contributed by atoms with E-state index in [1.54, 1.807) is 30.5 Å². The minimum Gasteiger partial charge on any atom is -0.478 e. The molecule has 1 aromatic carbocycles. The van der Waals surface area contributed by atoms with Gasteiger partial charge >= 0.3 is 5.97 Å². The molecule has 0 fully saturated rings. The van der Waals surface area contributed by atoms with E-state index in [1.807, 2.05) is 6.20 Å². The number of rotatable bonds is 4. The first-order valence-corrected chi connectivity index (χ1v) is 6.53. The highest BCUT2D eigenvalue weighted by Gasteiger charge is 2.04. The Labute approximate surface area is 118 Å². The highest BCUT2D eigenvalue weighted by molar-refractivity contribution is 5.89. The zero-order valence-corrected chi connectivity index (χ0v) is 11.9. The van der Waals surface area contributed by atoms with E-state index in [0.29, 0.717) is 11.7 Å². The lowest BCUT2D eigenvalue weighted by Crippen LogP contribution is -2.00. The van der Waals surface area contributed by atoms with E-state index < -0.39 is 5.97 Å². The minimum atomic E-state index is -0.941. The molecule has 2 aromatic rings. The van der Waals surface area contributed by atoms with Crippen LogP contribution in [-0.4, -0.2) is 21.9 Å². The number of aryl methyl sites for hydroxylation is 1. The summed E-state index contributed by atoms with van der Waals surface area (Å²) < 4.78 is 2.18. The van der Waals surface area contributed by atoms with Gasteiger partial charge in [-0.1, -0.05) is 6.07 Å². The van der Waals surface area contributed by atoms with Gasteiger partial charge in [0, 0.05) is 29.7 Å². The molecule has 0 amide bonds. The topological polar surface area (TPSA) is 54.6 Å². The van der Waals surface area contributed by atoms with Crippen molar-refractivity contribution >= 4 is 17.9 Å². The van der Waals surface area contributed by atoms with Crippen molar-refractivity contribution in [2.45, 2.75) is 26.8 Å². The summed E-state index contributed by atoms with van der Waals surface area (Å²) in [7, 11) is 0. The first kappa shape index (κ1) is 14.1. The van der Waals surface area contributed by atoms with Crippen molar-refractivity contribution in [3.8, 4) is 0 Å². The van der Waals surface area contributed by atoms with Gasteiger partial charge in [-0.25, -0.2) is 4.79 Å². The van der Waals surface area contributed by atoms with E-state index in [4.69, 9.17) is 5.11 Å². The molecule has 0 atom stereocenters. The Morgan fingerprint density at radius 3 is 2.70 bits per heavy atom. The summed E-state index contributed by atoms with van der Waals surface area (Å²) in [6, 6.07) is 9.07. The SMILES string of the molecule is Cc1cc(C=Nc2cccc(C(=O)O)c2)cn1C(C)C. The Morgan fingerprint density at radius 1 is 1.35 bits per heavy atom. The van der Waals surface area contributed by atoms with Gasteiger partial charge < -0.3 is 9.67 Å². The molecular formula is C16H18N2O2. The minimum absolute atomic E-state index is 0.246. The average molecular weight is 270 g/mol. The molecule has 0 aliphatic rings. The van der Waals surface area contributed by atoms with Crippen molar-refractivity contribution in [3.05, 3.63) is 53.3 Å². The van der Waals surface area contributed by atoms with Crippen molar-refractivity contribution < 1.29 is 9.90 Å². The maximum atomic E-state index is 10.9. The summed E-state index contributed by atoms with van der Waals surface area (Å²) in [4.78, 5) is 15.2. The van der Waals surface area contributed by atoms with Gasteiger partial charge in [-0.3, -0.25) is 4.99 Å². The standard InChI is InChI=1S/C16H18N2O2/c1-11(2)18-10-13(7-12(18)3)9-17-15-6-4-5-14(8-15)16(19)20/h4-11H,1-3H3,(H,19,20). The van der Waals surface area contributed by atoms with Gasteiger partial charge in [0.05, 0.1) is 11.3 Å². The summed E-state index contributed by atoms with van der Waals surface area (Å²) in [5.74, 6) is -0.941. The van der Waals surface area contributed by atoms with Gasteiger partial charge in [-0.15, -0.1) is 0 Å². The Balaban J connectivity index is 2.23. The fourth-order valence-corrected chi connectivity index (χ4v) is 2.11. The van der Waals surface area contributed by atoms with Crippen LogP contribution >= 0.6 is 0 Å². The first-order valence-electron chi connectivity index (χ1n) is 6.53. The van der Waals surface area contributed by atoms with Gasteiger partial charge in [-0.2, -0.15) is 0 Å². The number of carboxylic acid groups (broad SMARTS) is 1. The van der Waals surface area contributed by atoms with Gasteiger partial charge in [0.2, 0.25) is 0 Å². The molecule has 0 saturated carbocycles. The molecule has 0 spiro atoms. The van der Waals surface area contributed by atoms with Crippen LogP contribution in [0.4, 0.5) is 5.69 Å². The maximum absolute atomic E-state index is 10.9. The van der Waals surface area contributed by atoms with Crippen molar-refractivity contribution in [2.24, 2.45) is 4.99 Å². The number of aromatic carboxylic acids is 1. The molecule has 0 aliphatic carbocycles. The van der Waals surface area contributed by atoms with Crippen molar-refractivity contribution in [1.29, 1.82) is 0 Å². The van der Waals surface area contributed by atoms with E-state index in [0.717, 1.165) is 5.56 Å². The Kier molecular flexibility index (Phi) is 4.03. The van der Waals surface area contributed by atoms with E-state index in [-0.39, 0.29) is 5.56 Å². The van der Waals surface area contributed by atoms with Crippen molar-refractivity contribution in [1.82, 2.24) is 4.57 Å². The highest BCUT2D eigenvalue weighted by Crippen LogP contribution is 2.16. The molecule has 1 aromatic heterocycles. The molecule has 20 heavy (non-hydrogen) atoms. The molecule has 2 rings (SSSR count). The molecule has 0 aliphatic heterocycles. The lowest BCUT2D eigenvalue weighted by molar-refractivity contribution is 0.0697. The third-order valence-corrected chi connectivity index (χ3v) is 3.08. The molecule has 1 N–H and O–H groups in total. The number of aliphatic imine (C=N–C) groups is 1. The summed E-state index contributed by atoms with van der Waals surface area (Å²) >= 11 is 0. The number of carbonyl (C=O) groups is 1. The number of hydrogen-bond acceptors (Lipinski definition) is 2. The molecule has 0 radical (unpaired) electrons. The van der Waals surface area contributed by atoms with Gasteiger partial charge in [0.25, 0.3) is 0 Å². The Hall–Kier alpha value is -2.36. The van der Waals surface area contributed by atoms with Crippen LogP contribution in [0.5, 0.6) is 0 Å². The predicted octanol–water partition coefficient (Wildman–Crippen LogP) is 3.83. The first-order chi connectivity index (χ1) is 9.47. The molecule has 4 heteroatoms. The van der Waals surface area contributed by atoms with Crippen LogP contribution in [0.25, 0.3) is 0 Å². The Bertz CT molecular complexity index is 654. The zero-order valence-electron chi connectivity index (χ0n) is 11.9. The average Bonchev–Trinajstić information content (AvgIpc) is 2.78. The molecule has 0 saturated heterocycles. The van der Waals surface area contributed by atoms with Gasteiger partial charge in [0.1, 0.15) is 0 Å². The van der Waals surface area contributed by atoms with Crippen molar-refractivity contribution in [2.75, 3.05) is 0 Å². The van der Waals surface area contributed by atoms with Crippen LogP contribution in [0.1, 0.15) is 41.5 Å². The molecule has 104 valence electrons. The van der Waals surface area contributed by atoms with Crippen LogP contribution in [0.3, 0.4) is 0 Å². The second kappa shape index (κ2) is 5.74. The lowest BCUT2D eigenvalue weighted by Gasteiger charge is -2.08. The number of hydrogen-bond donors (Lipinski definition) is 1. The van der Waals surface area contributed by atoms with Crippen LogP contribution < -0.4 is 0 Å². The highest BCUT2D eigenvalue weighted by atomic mass is 16.4. The van der Waals surface area contributed by atoms with E-state index >= 15 is 0 Å². The lowest BCUT2D eigenvalue weighted by atomic mass is 10.2. The molecule has 0 unspecified atom stereocenters. The number of benzene rings is 1. The third-order valence-electron chi connectivity index (χ3n) is 3.08. The number of carboxylic acids is 1. The maximum Gasteiger partial charge on any atom is 0.335 e. The van der Waals surface area contributed by atoms with Gasteiger partial charge in [-0.05, 0) is 45.0 Å². The zero-order chi connectivity index (χ0) is 14.7. The Morgan fingerprint density at radius 2 is 2.10 bits per heavy atom. The summed E-state index contributed by atoms with van der Waals surface area (Å²) in [6.07, 6.45) is 3.80. The van der Waals surface area contributed by atoms with Gasteiger partial charge in [0.15, 0.2) is 0 Å². The van der Waals surface area contributed by atoms with Crippen LogP contribution in [0.15, 0.2) is 41.5 Å². The fraction of sp³-hybridized carbons (Fsp3) is 0.250. The molecule has 0 bridgehead atoms. The van der Waals surface area contributed by atoms with Crippen LogP contribution in [0.2, 0.25) is 0 Å². The monoisotopic (exact) mass is 270 g/mol. The summed E-state index contributed by atoms with van der Waals surface area (Å²) in [6.45, 7) is 6.32. The van der Waals surface area contributed by atoms with E-state index in [1.165, 1.54) is 5.69 Å². The molecule has 1 heterocycles. The van der Waals surface area contributed by atoms with Crippen LogP contribution in [0, 0.1) is 6.92 Å². The predicted molar refractivity (Wildman–Crippen MR) is 80.2 cm³/mol. The second-order valence-electron chi connectivity index (χ2n) is 5.03. The smallest absolute Gasteiger partial charge is 0.335 e. The molecule has 4 nitrogen and oxygen atoms in total. The third kappa shape index (κ3) is 3.15. The molecular weight excluding hydrogens is 252 g/mol. The normalized spacial score (nSPS) is 11.4. The fourth-order valence-electron chi connectivity index (χ4n) is 2.11. The number of aromatic nitrogens is 1. The largest absolute Gasteiger partial charge is 0.478 e. The van der Waals surface area contributed by atoms with E-state index in [2.05, 4.69) is 36.4 Å². The van der Waals surface area contributed by atoms with E-state index in [9.17, 15) is 4.79 Å². The van der Waals surface area contributed by atoms with Crippen LogP contribution in [-0.2, 0) is 0 Å². The summed E-state index contributed by atoms with van der Waals surface area (Å²) in [5.41, 5.74) is 3.08. The van der Waals surface area contributed by atoms with Crippen molar-refractivity contribution in [3.63, 3.8) is 0 Å².